The maximum atomic E-state index is 13.6. The van der Waals surface area contributed by atoms with Gasteiger partial charge in [0, 0.05) is 32.6 Å². The van der Waals surface area contributed by atoms with Crippen LogP contribution in [0.1, 0.15) is 39.1 Å². The van der Waals surface area contributed by atoms with Crippen molar-refractivity contribution in [1.82, 2.24) is 9.80 Å². The Morgan fingerprint density at radius 1 is 1.12 bits per heavy atom. The van der Waals surface area contributed by atoms with E-state index in [-0.39, 0.29) is 36.8 Å². The molecule has 2 aromatic rings. The summed E-state index contributed by atoms with van der Waals surface area (Å²) in [6.07, 6.45) is 1.26. The largest absolute Gasteiger partial charge is 0.395 e. The number of rotatable bonds is 6. The maximum absolute atomic E-state index is 13.6. The second kappa shape index (κ2) is 9.08. The average molecular weight is 439 g/mol. The highest BCUT2D eigenvalue weighted by Gasteiger charge is 2.39. The Labute approximate surface area is 186 Å². The molecule has 7 nitrogen and oxygen atoms in total. The van der Waals surface area contributed by atoms with Crippen molar-refractivity contribution in [3.63, 3.8) is 0 Å². The molecule has 2 aliphatic rings. The van der Waals surface area contributed by atoms with Gasteiger partial charge in [0.1, 0.15) is 5.82 Å². The molecular formula is C24H26FN3O4. The average Bonchev–Trinajstić information content (AvgIpc) is 3.04. The SMILES string of the molecule is CN(CCO)C(=O)C1CCN(c2cccc3c2C(=O)N(Cc2cccc(F)c2)C3=O)CC1. The van der Waals surface area contributed by atoms with Gasteiger partial charge in [0.05, 0.1) is 30.0 Å². The quantitative estimate of drug-likeness (QED) is 0.699. The Morgan fingerprint density at radius 3 is 2.53 bits per heavy atom. The number of amides is 3. The van der Waals surface area contributed by atoms with Gasteiger partial charge in [-0.2, -0.15) is 0 Å². The molecule has 0 bridgehead atoms. The van der Waals surface area contributed by atoms with Crippen LogP contribution in [0.15, 0.2) is 42.5 Å². The number of halogens is 1. The minimum Gasteiger partial charge on any atom is -0.395 e. The minimum absolute atomic E-state index is 0.0112. The lowest BCUT2D eigenvalue weighted by Crippen LogP contribution is -2.42. The van der Waals surface area contributed by atoms with Gasteiger partial charge in [-0.25, -0.2) is 4.39 Å². The highest BCUT2D eigenvalue weighted by molar-refractivity contribution is 6.23. The van der Waals surface area contributed by atoms with E-state index in [9.17, 15) is 18.8 Å². The van der Waals surface area contributed by atoms with Crippen molar-refractivity contribution in [3.8, 4) is 0 Å². The second-order valence-electron chi connectivity index (χ2n) is 8.27. The van der Waals surface area contributed by atoms with Gasteiger partial charge in [-0.1, -0.05) is 18.2 Å². The number of hydrogen-bond donors (Lipinski definition) is 1. The number of anilines is 1. The number of piperidine rings is 1. The molecule has 1 saturated heterocycles. The first-order chi connectivity index (χ1) is 15.4. The van der Waals surface area contributed by atoms with Gasteiger partial charge >= 0.3 is 0 Å². The van der Waals surface area contributed by atoms with Gasteiger partial charge in [-0.3, -0.25) is 19.3 Å². The molecule has 0 saturated carbocycles. The number of carbonyl (C=O) groups excluding carboxylic acids is 3. The zero-order valence-electron chi connectivity index (χ0n) is 18.0. The fourth-order valence-corrected chi connectivity index (χ4v) is 4.48. The molecule has 0 spiro atoms. The molecule has 0 unspecified atom stereocenters. The van der Waals surface area contributed by atoms with Crippen molar-refractivity contribution in [3.05, 3.63) is 65.0 Å². The summed E-state index contributed by atoms with van der Waals surface area (Å²) < 4.78 is 13.6. The lowest BCUT2D eigenvalue weighted by atomic mass is 9.94. The number of imide groups is 1. The predicted molar refractivity (Wildman–Crippen MR) is 117 cm³/mol. The van der Waals surface area contributed by atoms with Gasteiger partial charge in [-0.05, 0) is 42.7 Å². The van der Waals surface area contributed by atoms with E-state index in [0.29, 0.717) is 54.9 Å². The standard InChI is InChI=1S/C24H26FN3O4/c1-26(12-13-29)22(30)17-8-10-27(11-9-17)20-7-3-6-19-21(20)24(32)28(23(19)31)15-16-4-2-5-18(25)14-16/h2-7,14,17,29H,8-13,15H2,1H3. The van der Waals surface area contributed by atoms with Crippen LogP contribution in [0.3, 0.4) is 0 Å². The van der Waals surface area contributed by atoms with Crippen molar-refractivity contribution < 1.29 is 23.9 Å². The molecule has 4 rings (SSSR count). The van der Waals surface area contributed by atoms with Crippen molar-refractivity contribution in [2.24, 2.45) is 5.92 Å². The number of hydrogen-bond acceptors (Lipinski definition) is 5. The van der Waals surface area contributed by atoms with Crippen LogP contribution < -0.4 is 4.90 Å². The third-order valence-corrected chi connectivity index (χ3v) is 6.20. The van der Waals surface area contributed by atoms with Crippen LogP contribution in [0, 0.1) is 11.7 Å². The summed E-state index contributed by atoms with van der Waals surface area (Å²) >= 11 is 0. The molecule has 2 aromatic carbocycles. The van der Waals surface area contributed by atoms with Gasteiger partial charge in [0.2, 0.25) is 5.91 Å². The first-order valence-electron chi connectivity index (χ1n) is 10.7. The van der Waals surface area contributed by atoms with Crippen molar-refractivity contribution in [1.29, 1.82) is 0 Å². The lowest BCUT2D eigenvalue weighted by Gasteiger charge is -2.35. The number of fused-ring (bicyclic) bond motifs is 1. The Morgan fingerprint density at radius 2 is 1.84 bits per heavy atom. The molecule has 2 heterocycles. The van der Waals surface area contributed by atoms with Crippen molar-refractivity contribution in [2.75, 3.05) is 38.2 Å². The number of nitrogens with zero attached hydrogens (tertiary/aromatic N) is 3. The van der Waals surface area contributed by atoms with E-state index in [4.69, 9.17) is 5.11 Å². The van der Waals surface area contributed by atoms with Crippen LogP contribution in [0.4, 0.5) is 10.1 Å². The summed E-state index contributed by atoms with van der Waals surface area (Å²) in [4.78, 5) is 43.4. The van der Waals surface area contributed by atoms with E-state index in [1.807, 2.05) is 11.0 Å². The molecule has 0 atom stereocenters. The minimum atomic E-state index is -0.415. The lowest BCUT2D eigenvalue weighted by molar-refractivity contribution is -0.135. The summed E-state index contributed by atoms with van der Waals surface area (Å²) in [6, 6.07) is 11.1. The van der Waals surface area contributed by atoms with Crippen molar-refractivity contribution >= 4 is 23.4 Å². The van der Waals surface area contributed by atoms with E-state index >= 15 is 0 Å². The zero-order valence-corrected chi connectivity index (χ0v) is 18.0. The normalized spacial score (nSPS) is 16.5. The summed E-state index contributed by atoms with van der Waals surface area (Å²) in [5.74, 6) is -1.29. The Kier molecular flexibility index (Phi) is 6.23. The maximum Gasteiger partial charge on any atom is 0.263 e. The van der Waals surface area contributed by atoms with Crippen LogP contribution in [0.5, 0.6) is 0 Å². The number of likely N-dealkylation sites (N-methyl/N-ethyl adjacent to an activating group) is 1. The smallest absolute Gasteiger partial charge is 0.263 e. The highest BCUT2D eigenvalue weighted by atomic mass is 19.1. The Bertz CT molecular complexity index is 1050. The number of aliphatic hydroxyl groups excluding tert-OH is 1. The molecule has 168 valence electrons. The molecule has 0 aliphatic carbocycles. The first-order valence-corrected chi connectivity index (χ1v) is 10.7. The number of benzene rings is 2. The molecule has 3 amide bonds. The summed E-state index contributed by atoms with van der Waals surface area (Å²) in [7, 11) is 1.69. The molecule has 0 radical (unpaired) electrons. The summed E-state index contributed by atoms with van der Waals surface area (Å²) in [5.41, 5.74) is 1.96. The van der Waals surface area contributed by atoms with E-state index in [1.165, 1.54) is 12.1 Å². The van der Waals surface area contributed by atoms with Gasteiger partial charge in [0.25, 0.3) is 11.8 Å². The summed E-state index contributed by atoms with van der Waals surface area (Å²) in [5, 5.41) is 9.05. The topological polar surface area (TPSA) is 81.2 Å². The van der Waals surface area contributed by atoms with E-state index in [0.717, 1.165) is 4.90 Å². The number of aliphatic hydroxyl groups is 1. The van der Waals surface area contributed by atoms with Crippen molar-refractivity contribution in [2.45, 2.75) is 19.4 Å². The van der Waals surface area contributed by atoms with Crippen LogP contribution in [-0.2, 0) is 11.3 Å². The molecule has 8 heteroatoms. The highest BCUT2D eigenvalue weighted by Crippen LogP contribution is 2.34. The third-order valence-electron chi connectivity index (χ3n) is 6.20. The van der Waals surface area contributed by atoms with Gasteiger partial charge < -0.3 is 14.9 Å². The molecular weight excluding hydrogens is 413 g/mol. The summed E-state index contributed by atoms with van der Waals surface area (Å²) in [6.45, 7) is 1.43. The predicted octanol–water partition coefficient (Wildman–Crippen LogP) is 2.29. The van der Waals surface area contributed by atoms with Gasteiger partial charge in [-0.15, -0.1) is 0 Å². The van der Waals surface area contributed by atoms with Crippen LogP contribution in [0.2, 0.25) is 0 Å². The fraction of sp³-hybridized carbons (Fsp3) is 0.375. The number of carbonyl (C=O) groups is 3. The second-order valence-corrected chi connectivity index (χ2v) is 8.27. The zero-order chi connectivity index (χ0) is 22.8. The fourth-order valence-electron chi connectivity index (χ4n) is 4.48. The van der Waals surface area contributed by atoms with E-state index in [2.05, 4.69) is 0 Å². The van der Waals surface area contributed by atoms with Crippen LogP contribution in [0.25, 0.3) is 0 Å². The Balaban J connectivity index is 1.51. The third kappa shape index (κ3) is 4.10. The monoisotopic (exact) mass is 439 g/mol. The Hall–Kier alpha value is -3.26. The molecule has 1 fully saturated rings. The first kappa shape index (κ1) is 22.0. The molecule has 1 N–H and O–H groups in total. The molecule has 2 aliphatic heterocycles. The van der Waals surface area contributed by atoms with E-state index in [1.54, 1.807) is 36.2 Å². The molecule has 0 aromatic heterocycles. The van der Waals surface area contributed by atoms with Gasteiger partial charge in [0.15, 0.2) is 0 Å². The molecule has 32 heavy (non-hydrogen) atoms. The van der Waals surface area contributed by atoms with Crippen LogP contribution in [-0.4, -0.2) is 65.9 Å². The van der Waals surface area contributed by atoms with Crippen LogP contribution >= 0.6 is 0 Å². The van der Waals surface area contributed by atoms with E-state index < -0.39 is 5.82 Å².